The largest absolute Gasteiger partial charge is 0.281 e. The first-order chi connectivity index (χ1) is 11.3. The lowest BCUT2D eigenvalue weighted by molar-refractivity contribution is -0.111. The van der Waals surface area contributed by atoms with Crippen molar-refractivity contribution in [3.63, 3.8) is 0 Å². The highest BCUT2D eigenvalue weighted by Gasteiger charge is 1.96. The first-order valence-corrected chi connectivity index (χ1v) is 10.5. The average molecular weight is 343 g/mol. The van der Waals surface area contributed by atoms with Gasteiger partial charge in [0.05, 0.1) is 0 Å². The summed E-state index contributed by atoms with van der Waals surface area (Å²) in [5.74, 6) is 0. The van der Waals surface area contributed by atoms with Crippen LogP contribution >= 0.6 is 11.6 Å². The van der Waals surface area contributed by atoms with Gasteiger partial charge in [0.15, 0.2) is 0 Å². The van der Waals surface area contributed by atoms with Crippen LogP contribution in [0.5, 0.6) is 0 Å². The second-order valence-corrected chi connectivity index (χ2v) is 7.14. The van der Waals surface area contributed by atoms with Crippen LogP contribution in [0.25, 0.3) is 0 Å². The van der Waals surface area contributed by atoms with Gasteiger partial charge in [0.1, 0.15) is 0 Å². The van der Waals surface area contributed by atoms with Gasteiger partial charge in [-0.25, -0.2) is 0 Å². The van der Waals surface area contributed by atoms with Crippen molar-refractivity contribution in [2.24, 2.45) is 0 Å². The van der Waals surface area contributed by atoms with Crippen LogP contribution in [0.4, 0.5) is 0 Å². The molecule has 0 unspecified atom stereocenters. The van der Waals surface area contributed by atoms with E-state index in [4.69, 9.17) is 11.6 Å². The van der Waals surface area contributed by atoms with Crippen molar-refractivity contribution in [3.05, 3.63) is 12.2 Å². The van der Waals surface area contributed by atoms with Gasteiger partial charge in [-0.15, -0.1) is 0 Å². The lowest BCUT2D eigenvalue weighted by atomic mass is 10.0. The van der Waals surface area contributed by atoms with E-state index >= 15 is 0 Å². The van der Waals surface area contributed by atoms with Crippen LogP contribution in [-0.2, 0) is 4.79 Å². The van der Waals surface area contributed by atoms with E-state index in [-0.39, 0.29) is 5.24 Å². The third-order valence-corrected chi connectivity index (χ3v) is 4.59. The fraction of sp³-hybridized carbons (Fsp3) is 0.857. The number of unbranched alkanes of at least 4 members (excludes halogenated alkanes) is 14. The molecule has 23 heavy (non-hydrogen) atoms. The van der Waals surface area contributed by atoms with Gasteiger partial charge in [-0.1, -0.05) is 96.1 Å². The normalized spacial score (nSPS) is 11.4. The fourth-order valence-electron chi connectivity index (χ4n) is 2.93. The minimum Gasteiger partial charge on any atom is -0.281 e. The monoisotopic (exact) mass is 342 g/mol. The molecule has 0 radical (unpaired) electrons. The summed E-state index contributed by atoms with van der Waals surface area (Å²) >= 11 is 5.31. The smallest absolute Gasteiger partial charge is 0.221 e. The summed E-state index contributed by atoms with van der Waals surface area (Å²) in [6.07, 6.45) is 26.4. The second-order valence-electron chi connectivity index (χ2n) is 6.72. The molecule has 2 heteroatoms. The number of carbonyl (C=O) groups is 1. The number of halogens is 1. The molecule has 0 saturated carbocycles. The maximum atomic E-state index is 10.6. The Labute approximate surface area is 150 Å². The van der Waals surface area contributed by atoms with E-state index in [1.54, 1.807) is 0 Å². The lowest BCUT2D eigenvalue weighted by Gasteiger charge is -2.03. The van der Waals surface area contributed by atoms with Gasteiger partial charge in [-0.3, -0.25) is 4.79 Å². The van der Waals surface area contributed by atoms with Gasteiger partial charge >= 0.3 is 0 Å². The molecule has 0 fully saturated rings. The molecule has 0 aromatic heterocycles. The van der Waals surface area contributed by atoms with Gasteiger partial charge in [-0.05, 0) is 37.3 Å². The van der Waals surface area contributed by atoms with E-state index in [9.17, 15) is 4.79 Å². The van der Waals surface area contributed by atoms with Gasteiger partial charge in [0.25, 0.3) is 0 Å². The van der Waals surface area contributed by atoms with Crippen LogP contribution in [0.15, 0.2) is 12.2 Å². The van der Waals surface area contributed by atoms with E-state index in [2.05, 4.69) is 19.1 Å². The number of hydrogen-bond acceptors (Lipinski definition) is 1. The zero-order valence-corrected chi connectivity index (χ0v) is 16.2. The van der Waals surface area contributed by atoms with E-state index in [1.165, 1.54) is 89.9 Å². The summed E-state index contributed by atoms with van der Waals surface area (Å²) in [6.45, 7) is 2.20. The Morgan fingerprint density at radius 3 is 1.43 bits per heavy atom. The number of allylic oxidation sites excluding steroid dienone is 2. The standard InChI is InChI=1S/C21H39ClO/c1-2-3-4-5-6-7-8-9-10-11-12-13-14-15-16-17-18-19-20-21(22)23/h3-4H,2,5-20H2,1H3/b4-3+. The number of hydrogen-bond donors (Lipinski definition) is 0. The third-order valence-electron chi connectivity index (χ3n) is 4.40. The first-order valence-electron chi connectivity index (χ1n) is 10.1. The van der Waals surface area contributed by atoms with Crippen LogP contribution < -0.4 is 0 Å². The Morgan fingerprint density at radius 1 is 0.652 bits per heavy atom. The Hall–Kier alpha value is -0.300. The highest BCUT2D eigenvalue weighted by atomic mass is 35.5. The molecule has 0 bridgehead atoms. The Morgan fingerprint density at radius 2 is 1.04 bits per heavy atom. The highest BCUT2D eigenvalue weighted by molar-refractivity contribution is 6.63. The van der Waals surface area contributed by atoms with E-state index < -0.39 is 0 Å². The zero-order chi connectivity index (χ0) is 17.0. The van der Waals surface area contributed by atoms with E-state index in [1.807, 2.05) is 0 Å². The Kier molecular flexibility index (Phi) is 19.5. The Balaban J connectivity index is 3.00. The number of rotatable bonds is 18. The predicted molar refractivity (Wildman–Crippen MR) is 104 cm³/mol. The van der Waals surface area contributed by atoms with E-state index in [0.717, 1.165) is 12.8 Å². The van der Waals surface area contributed by atoms with Crippen LogP contribution in [0.2, 0.25) is 0 Å². The van der Waals surface area contributed by atoms with Crippen molar-refractivity contribution in [2.45, 2.75) is 116 Å². The molecule has 0 aliphatic carbocycles. The zero-order valence-electron chi connectivity index (χ0n) is 15.5. The van der Waals surface area contributed by atoms with Crippen LogP contribution in [0.3, 0.4) is 0 Å². The molecule has 0 aliphatic rings. The van der Waals surface area contributed by atoms with Crippen LogP contribution in [0, 0.1) is 0 Å². The summed E-state index contributed by atoms with van der Waals surface area (Å²) in [7, 11) is 0. The summed E-state index contributed by atoms with van der Waals surface area (Å²) in [5.41, 5.74) is 0. The van der Waals surface area contributed by atoms with Crippen molar-refractivity contribution >= 4 is 16.8 Å². The SMILES string of the molecule is CC/C=C/CCCCCCCCCCCCCCCCC(=O)Cl. The van der Waals surface area contributed by atoms with Crippen molar-refractivity contribution in [1.82, 2.24) is 0 Å². The highest BCUT2D eigenvalue weighted by Crippen LogP contribution is 2.14. The minimum atomic E-state index is -0.182. The van der Waals surface area contributed by atoms with Crippen molar-refractivity contribution in [1.29, 1.82) is 0 Å². The quantitative estimate of drug-likeness (QED) is 0.140. The molecule has 136 valence electrons. The molecule has 0 saturated heterocycles. The minimum absolute atomic E-state index is 0.182. The van der Waals surface area contributed by atoms with Gasteiger partial charge in [0.2, 0.25) is 5.24 Å². The molecule has 0 N–H and O–H groups in total. The molecule has 0 aromatic rings. The summed E-state index contributed by atoms with van der Waals surface area (Å²) in [4.78, 5) is 10.6. The molecule has 0 aliphatic heterocycles. The molecular weight excluding hydrogens is 304 g/mol. The molecule has 0 aromatic carbocycles. The van der Waals surface area contributed by atoms with Crippen molar-refractivity contribution < 1.29 is 4.79 Å². The van der Waals surface area contributed by atoms with Crippen molar-refractivity contribution in [3.8, 4) is 0 Å². The molecule has 1 nitrogen and oxygen atoms in total. The topological polar surface area (TPSA) is 17.1 Å². The van der Waals surface area contributed by atoms with Crippen molar-refractivity contribution in [2.75, 3.05) is 0 Å². The molecule has 0 atom stereocenters. The van der Waals surface area contributed by atoms with Crippen LogP contribution in [0.1, 0.15) is 116 Å². The summed E-state index contributed by atoms with van der Waals surface area (Å²) < 4.78 is 0. The lowest BCUT2D eigenvalue weighted by Crippen LogP contribution is -1.86. The maximum absolute atomic E-state index is 10.6. The molecule has 0 amide bonds. The van der Waals surface area contributed by atoms with Crippen LogP contribution in [-0.4, -0.2) is 5.24 Å². The molecule has 0 spiro atoms. The number of carbonyl (C=O) groups excluding carboxylic acids is 1. The van der Waals surface area contributed by atoms with E-state index in [0.29, 0.717) is 6.42 Å². The summed E-state index contributed by atoms with van der Waals surface area (Å²) in [6, 6.07) is 0. The fourth-order valence-corrected chi connectivity index (χ4v) is 3.07. The molecule has 0 rings (SSSR count). The Bertz CT molecular complexity index is 273. The third kappa shape index (κ3) is 21.7. The second kappa shape index (κ2) is 19.7. The molecule has 0 heterocycles. The van der Waals surface area contributed by atoms with Gasteiger partial charge in [0, 0.05) is 6.42 Å². The summed E-state index contributed by atoms with van der Waals surface area (Å²) in [5, 5.41) is -0.182. The average Bonchev–Trinajstić information content (AvgIpc) is 2.53. The van der Waals surface area contributed by atoms with Gasteiger partial charge in [-0.2, -0.15) is 0 Å². The maximum Gasteiger partial charge on any atom is 0.221 e. The first kappa shape index (κ1) is 22.7. The predicted octanol–water partition coefficient (Wildman–Crippen LogP) is 7.96. The molecular formula is C21H39ClO. The van der Waals surface area contributed by atoms with Gasteiger partial charge < -0.3 is 0 Å².